The molecule has 2 fully saturated rings. The molecule has 1 heterocycles. The number of rotatable bonds is 1. The summed E-state index contributed by atoms with van der Waals surface area (Å²) in [7, 11) is 5.54. The van der Waals surface area contributed by atoms with Crippen LogP contribution in [0.25, 0.3) is 0 Å². The van der Waals surface area contributed by atoms with Gasteiger partial charge in [0.15, 0.2) is 0 Å². The molecule has 1 saturated heterocycles. The molecule has 1 saturated carbocycles. The molecule has 1 aliphatic carbocycles. The minimum absolute atomic E-state index is 0.586. The lowest BCUT2D eigenvalue weighted by molar-refractivity contribution is -0.0979. The average Bonchev–Trinajstić information content (AvgIpc) is 2.78. The van der Waals surface area contributed by atoms with E-state index in [1.54, 1.807) is 14.2 Å². The van der Waals surface area contributed by atoms with Crippen LogP contribution in [0.1, 0.15) is 70.9 Å². The van der Waals surface area contributed by atoms with Crippen molar-refractivity contribution in [2.45, 2.75) is 72.8 Å². The van der Waals surface area contributed by atoms with E-state index in [1.165, 1.54) is 36.9 Å². The van der Waals surface area contributed by atoms with Crippen LogP contribution in [0.3, 0.4) is 0 Å². The molecule has 1 aliphatic heterocycles. The second-order valence-electron chi connectivity index (χ2n) is 9.60. The Morgan fingerprint density at radius 3 is 1.96 bits per heavy atom. The van der Waals surface area contributed by atoms with Gasteiger partial charge >= 0.3 is 0 Å². The third-order valence-corrected chi connectivity index (χ3v) is 5.42. The predicted molar refractivity (Wildman–Crippen MR) is 117 cm³/mol. The van der Waals surface area contributed by atoms with Gasteiger partial charge in [0, 0.05) is 26.8 Å². The van der Waals surface area contributed by atoms with Crippen LogP contribution in [0.5, 0.6) is 0 Å². The maximum absolute atomic E-state index is 8.00. The SMILES string of the molecule is C=O.CN1CC2(C)CC1CC(C)(C)C2.COC.Cc1ccc(C(C)C)cc1. The molecule has 3 rings (SSSR count). The quantitative estimate of drug-likeness (QED) is 0.627. The topological polar surface area (TPSA) is 29.5 Å². The van der Waals surface area contributed by atoms with Crippen LogP contribution in [0.15, 0.2) is 24.3 Å². The van der Waals surface area contributed by atoms with E-state index in [9.17, 15) is 0 Å². The first-order valence-electron chi connectivity index (χ1n) is 9.98. The van der Waals surface area contributed by atoms with E-state index in [1.807, 2.05) is 6.79 Å². The van der Waals surface area contributed by atoms with Crippen molar-refractivity contribution >= 4 is 6.79 Å². The summed E-state index contributed by atoms with van der Waals surface area (Å²) in [5.74, 6) is 0.653. The summed E-state index contributed by atoms with van der Waals surface area (Å²) in [6, 6.07) is 9.59. The normalized spacial score (nSPS) is 25.3. The lowest BCUT2D eigenvalue weighted by Gasteiger charge is -2.39. The summed E-state index contributed by atoms with van der Waals surface area (Å²) in [6.07, 6.45) is 4.26. The third kappa shape index (κ3) is 9.03. The second-order valence-corrected chi connectivity index (χ2v) is 9.60. The smallest absolute Gasteiger partial charge is 0.106 e. The number of aryl methyl sites for hydroxylation is 1. The molecule has 0 N–H and O–H groups in total. The van der Waals surface area contributed by atoms with Crippen LogP contribution in [-0.4, -0.2) is 45.5 Å². The number of hydrogen-bond donors (Lipinski definition) is 0. The summed E-state index contributed by atoms with van der Waals surface area (Å²) in [6.45, 7) is 17.2. The number of carbonyl (C=O) groups is 1. The van der Waals surface area contributed by atoms with E-state index < -0.39 is 0 Å². The number of ether oxygens (including phenoxy) is 1. The molecule has 3 nitrogen and oxygen atoms in total. The predicted octanol–water partition coefficient (Wildman–Crippen LogP) is 5.71. The molecule has 1 aromatic carbocycles. The van der Waals surface area contributed by atoms with Gasteiger partial charge in [-0.2, -0.15) is 0 Å². The summed E-state index contributed by atoms with van der Waals surface area (Å²) < 4.78 is 4.25. The molecule has 0 spiro atoms. The van der Waals surface area contributed by atoms with Crippen molar-refractivity contribution in [2.75, 3.05) is 27.8 Å². The molecule has 2 atom stereocenters. The zero-order chi connectivity index (χ0) is 21.3. The van der Waals surface area contributed by atoms with Crippen molar-refractivity contribution in [3.8, 4) is 0 Å². The molecular weight excluding hydrogens is 334 g/mol. The summed E-state index contributed by atoms with van der Waals surface area (Å²) in [5.41, 5.74) is 3.97. The molecule has 27 heavy (non-hydrogen) atoms. The van der Waals surface area contributed by atoms with Gasteiger partial charge in [-0.1, -0.05) is 64.4 Å². The number of likely N-dealkylation sites (tertiary alicyclic amines) is 1. The maximum Gasteiger partial charge on any atom is 0.106 e. The largest absolute Gasteiger partial charge is 0.388 e. The van der Waals surface area contributed by atoms with E-state index in [-0.39, 0.29) is 0 Å². The fourth-order valence-electron chi connectivity index (χ4n) is 4.69. The lowest BCUT2D eigenvalue weighted by atomic mass is 9.65. The zero-order valence-corrected chi connectivity index (χ0v) is 19.3. The molecule has 156 valence electrons. The summed E-state index contributed by atoms with van der Waals surface area (Å²) in [5, 5.41) is 0. The molecule has 2 unspecified atom stereocenters. The molecule has 2 bridgehead atoms. The number of nitrogens with zero attached hydrogens (tertiary/aromatic N) is 1. The fraction of sp³-hybridized carbons (Fsp3) is 0.708. The summed E-state index contributed by atoms with van der Waals surface area (Å²) in [4.78, 5) is 10.6. The van der Waals surface area contributed by atoms with Gasteiger partial charge in [-0.3, -0.25) is 0 Å². The van der Waals surface area contributed by atoms with Crippen molar-refractivity contribution in [3.63, 3.8) is 0 Å². The van der Waals surface area contributed by atoms with E-state index in [0.717, 1.165) is 6.04 Å². The van der Waals surface area contributed by atoms with Crippen molar-refractivity contribution in [1.29, 1.82) is 0 Å². The highest BCUT2D eigenvalue weighted by Crippen LogP contribution is 2.51. The highest BCUT2D eigenvalue weighted by Gasteiger charge is 2.48. The Hall–Kier alpha value is -1.19. The van der Waals surface area contributed by atoms with Gasteiger partial charge in [-0.05, 0) is 55.5 Å². The van der Waals surface area contributed by atoms with E-state index in [0.29, 0.717) is 16.7 Å². The average molecular weight is 378 g/mol. The Labute approximate surface area is 168 Å². The molecule has 3 heteroatoms. The fourth-order valence-corrected chi connectivity index (χ4v) is 4.69. The first kappa shape index (κ1) is 25.8. The van der Waals surface area contributed by atoms with Crippen LogP contribution in [0.2, 0.25) is 0 Å². The van der Waals surface area contributed by atoms with Crippen molar-refractivity contribution < 1.29 is 9.53 Å². The van der Waals surface area contributed by atoms with Gasteiger partial charge < -0.3 is 14.4 Å². The molecule has 2 aliphatic rings. The molecule has 1 aromatic rings. The summed E-state index contributed by atoms with van der Waals surface area (Å²) >= 11 is 0. The zero-order valence-electron chi connectivity index (χ0n) is 19.3. The van der Waals surface area contributed by atoms with Crippen LogP contribution in [0.4, 0.5) is 0 Å². The van der Waals surface area contributed by atoms with Crippen molar-refractivity contribution in [2.24, 2.45) is 10.8 Å². The van der Waals surface area contributed by atoms with Crippen molar-refractivity contribution in [3.05, 3.63) is 35.4 Å². The number of methoxy groups -OCH3 is 1. The van der Waals surface area contributed by atoms with E-state index >= 15 is 0 Å². The van der Waals surface area contributed by atoms with Crippen LogP contribution < -0.4 is 0 Å². The van der Waals surface area contributed by atoms with Crippen LogP contribution in [0, 0.1) is 17.8 Å². The Balaban J connectivity index is 0.000000410. The van der Waals surface area contributed by atoms with E-state index in [4.69, 9.17) is 4.79 Å². The Morgan fingerprint density at radius 2 is 1.56 bits per heavy atom. The van der Waals surface area contributed by atoms with Gasteiger partial charge in [0.05, 0.1) is 0 Å². The molecule has 0 aromatic heterocycles. The number of benzene rings is 1. The lowest BCUT2D eigenvalue weighted by Crippen LogP contribution is -2.33. The van der Waals surface area contributed by atoms with Gasteiger partial charge in [0.2, 0.25) is 0 Å². The second kappa shape index (κ2) is 11.6. The van der Waals surface area contributed by atoms with Crippen LogP contribution in [-0.2, 0) is 9.53 Å². The number of hydrogen-bond acceptors (Lipinski definition) is 3. The Kier molecular flexibility index (Phi) is 11.1. The molecule has 0 radical (unpaired) electrons. The minimum atomic E-state index is 0.586. The number of carbonyl (C=O) groups excluding carboxylic acids is 1. The van der Waals surface area contributed by atoms with E-state index in [2.05, 4.69) is 82.5 Å². The van der Waals surface area contributed by atoms with Gasteiger partial charge in [-0.15, -0.1) is 0 Å². The standard InChI is InChI=1S/C11H21N.C10H14.C2H6O.CH2O/c1-10(2)5-9-6-11(3,7-10)8-12(9)4;1-8(2)10-6-4-9(3)5-7-10;1-3-2;1-2/h9H,5-8H2,1-4H3;4-8H,1-3H3;1-2H3;1H2. The van der Waals surface area contributed by atoms with Gasteiger partial charge in [0.25, 0.3) is 0 Å². The first-order valence-corrected chi connectivity index (χ1v) is 9.98. The third-order valence-electron chi connectivity index (χ3n) is 5.42. The van der Waals surface area contributed by atoms with Crippen molar-refractivity contribution in [1.82, 2.24) is 4.90 Å². The highest BCUT2D eigenvalue weighted by atomic mass is 16.4. The van der Waals surface area contributed by atoms with Gasteiger partial charge in [-0.25, -0.2) is 0 Å². The molecular formula is C24H43NO2. The Bertz CT molecular complexity index is 520. The Morgan fingerprint density at radius 1 is 1.07 bits per heavy atom. The monoisotopic (exact) mass is 377 g/mol. The molecule has 0 amide bonds. The first-order chi connectivity index (χ1) is 12.5. The van der Waals surface area contributed by atoms with Crippen LogP contribution >= 0.6 is 0 Å². The highest BCUT2D eigenvalue weighted by molar-refractivity contribution is 5.23. The minimum Gasteiger partial charge on any atom is -0.388 e. The number of fused-ring (bicyclic) bond motifs is 2. The van der Waals surface area contributed by atoms with Gasteiger partial charge in [0.1, 0.15) is 6.79 Å². The maximum atomic E-state index is 8.00.